The van der Waals surface area contributed by atoms with E-state index in [4.69, 9.17) is 19.8 Å². The molecule has 2 atom stereocenters. The van der Waals surface area contributed by atoms with E-state index in [1.165, 1.54) is 0 Å². The number of likely N-dealkylation sites (tertiary alicyclic amines) is 1. The Morgan fingerprint density at radius 3 is 2.05 bits per heavy atom. The van der Waals surface area contributed by atoms with E-state index in [9.17, 15) is 35.9 Å². The van der Waals surface area contributed by atoms with Crippen LogP contribution in [0.3, 0.4) is 0 Å². The van der Waals surface area contributed by atoms with Crippen LogP contribution >= 0.6 is 0 Å². The van der Waals surface area contributed by atoms with Crippen LogP contribution in [0.1, 0.15) is 70.2 Å². The molecule has 3 rings (SSSR count). The van der Waals surface area contributed by atoms with Crippen molar-refractivity contribution in [2.75, 3.05) is 13.6 Å². The zero-order valence-electron chi connectivity index (χ0n) is 24.2. The molecule has 1 aliphatic heterocycles. The zero-order valence-corrected chi connectivity index (χ0v) is 24.2. The lowest BCUT2D eigenvalue weighted by Gasteiger charge is -2.32. The van der Waals surface area contributed by atoms with Crippen molar-refractivity contribution in [1.82, 2.24) is 20.2 Å². The van der Waals surface area contributed by atoms with E-state index in [1.807, 2.05) is 43.6 Å². The van der Waals surface area contributed by atoms with Crippen molar-refractivity contribution in [3.8, 4) is 11.3 Å². The molecule has 1 aromatic heterocycles. The molecule has 44 heavy (non-hydrogen) atoms. The molecule has 1 aromatic carbocycles. The van der Waals surface area contributed by atoms with E-state index < -0.39 is 24.3 Å². The lowest BCUT2D eigenvalue weighted by Crippen LogP contribution is -2.48. The Morgan fingerprint density at radius 2 is 1.55 bits per heavy atom. The van der Waals surface area contributed by atoms with Gasteiger partial charge < -0.3 is 25.3 Å². The number of rotatable bonds is 10. The maximum atomic E-state index is 13.0. The Labute approximate surface area is 249 Å². The molecule has 0 radical (unpaired) electrons. The molecule has 1 saturated heterocycles. The topological polar surface area (TPSA) is 153 Å². The van der Waals surface area contributed by atoms with Gasteiger partial charge in [0.15, 0.2) is 0 Å². The highest BCUT2D eigenvalue weighted by atomic mass is 19.4. The molecule has 1 fully saturated rings. The summed E-state index contributed by atoms with van der Waals surface area (Å²) in [6.45, 7) is 2.60. The van der Waals surface area contributed by atoms with Gasteiger partial charge in [-0.05, 0) is 51.8 Å². The number of nitrogens with one attached hydrogen (secondary N) is 2. The normalized spacial score (nSPS) is 16.0. The Hall–Kier alpha value is -3.95. The molecule has 0 bridgehead atoms. The molecule has 10 nitrogen and oxygen atoms in total. The fraction of sp³-hybridized carbons (Fsp3) is 0.536. The molecule has 0 saturated carbocycles. The Kier molecular flexibility index (Phi) is 15.6. The number of hydrogen-bond acceptors (Lipinski definition) is 6. The first-order valence-electron chi connectivity index (χ1n) is 13.6. The minimum Gasteiger partial charge on any atom is -0.475 e. The van der Waals surface area contributed by atoms with Crippen LogP contribution in [-0.4, -0.2) is 80.7 Å². The molecule has 1 aliphatic rings. The number of hydrogen-bond donors (Lipinski definition) is 4. The van der Waals surface area contributed by atoms with E-state index in [0.717, 1.165) is 68.6 Å². The molecule has 0 aliphatic carbocycles. The number of alkyl halides is 6. The predicted molar refractivity (Wildman–Crippen MR) is 146 cm³/mol. The van der Waals surface area contributed by atoms with Gasteiger partial charge in [-0.1, -0.05) is 49.6 Å². The highest BCUT2D eigenvalue weighted by Crippen LogP contribution is 2.24. The zero-order chi connectivity index (χ0) is 33.5. The number of unbranched alkanes of at least 4 members (excludes halogenated alkanes) is 2. The van der Waals surface area contributed by atoms with Crippen LogP contribution in [0, 0.1) is 0 Å². The average molecular weight is 639 g/mol. The van der Waals surface area contributed by atoms with Crippen molar-refractivity contribution >= 4 is 23.6 Å². The quantitative estimate of drug-likeness (QED) is 0.196. The number of imidazole rings is 1. The number of ketones is 1. The standard InChI is InChI=1S/C24H34N4O2.2C2HF3O2/c1-18(29)11-5-3-8-14-20(27-24(30)22-15-9-10-16-28(22)2)23-25-17-21(26-23)19-12-6-4-7-13-19;2*3-2(4,5)1(6)7/h4,6-7,12-13,17,20,22H,3,5,8-11,14-16H2,1-2H3,(H,25,26)(H,27,30);2*(H,6,7)/t20-,22?;;/m0../s1. The number of nitrogens with zero attached hydrogens (tertiary/aromatic N) is 2. The first-order chi connectivity index (χ1) is 20.4. The summed E-state index contributed by atoms with van der Waals surface area (Å²) < 4.78 is 63.5. The number of carboxylic acid groups (broad SMARTS) is 2. The van der Waals surface area contributed by atoms with Gasteiger partial charge in [-0.25, -0.2) is 14.6 Å². The van der Waals surface area contributed by atoms with Crippen molar-refractivity contribution in [2.24, 2.45) is 0 Å². The van der Waals surface area contributed by atoms with E-state index in [2.05, 4.69) is 20.2 Å². The van der Waals surface area contributed by atoms with Crippen molar-refractivity contribution in [3.05, 3.63) is 42.4 Å². The lowest BCUT2D eigenvalue weighted by molar-refractivity contribution is -0.193. The average Bonchev–Trinajstić information content (AvgIpc) is 3.43. The SMILES string of the molecule is CC(=O)CCCCC[C@H](NC(=O)C1CCCCN1C)c1ncc(-c2ccccc2)[nH]1.O=C(O)C(F)(F)F.O=C(O)C(F)(F)F. The lowest BCUT2D eigenvalue weighted by atomic mass is 10.0. The number of piperidine rings is 1. The number of H-pyrrole nitrogens is 1. The molecule has 0 spiro atoms. The minimum atomic E-state index is -5.08. The van der Waals surface area contributed by atoms with Crippen LogP contribution in [0.2, 0.25) is 0 Å². The third kappa shape index (κ3) is 14.5. The first-order valence-corrected chi connectivity index (χ1v) is 13.6. The molecule has 16 heteroatoms. The number of carboxylic acids is 2. The van der Waals surface area contributed by atoms with Crippen LogP contribution in [0.4, 0.5) is 26.3 Å². The van der Waals surface area contributed by atoms with Gasteiger partial charge in [-0.15, -0.1) is 0 Å². The van der Waals surface area contributed by atoms with Gasteiger partial charge in [0.25, 0.3) is 0 Å². The van der Waals surface area contributed by atoms with Crippen molar-refractivity contribution in [1.29, 1.82) is 0 Å². The van der Waals surface area contributed by atoms with Gasteiger partial charge in [0.05, 0.1) is 24.0 Å². The minimum absolute atomic E-state index is 0.0671. The highest BCUT2D eigenvalue weighted by Gasteiger charge is 2.39. The summed E-state index contributed by atoms with van der Waals surface area (Å²) in [6.07, 6.45) is -0.927. The largest absolute Gasteiger partial charge is 0.490 e. The molecule has 1 unspecified atom stereocenters. The van der Waals surface area contributed by atoms with Crippen molar-refractivity contribution < 1.29 is 55.7 Å². The molecular weight excluding hydrogens is 602 g/mol. The second-order valence-corrected chi connectivity index (χ2v) is 10.0. The molecule has 246 valence electrons. The molecule has 2 heterocycles. The second kappa shape index (κ2) is 18.0. The number of halogens is 6. The molecule has 2 aromatic rings. The Morgan fingerprint density at radius 1 is 0.977 bits per heavy atom. The van der Waals surface area contributed by atoms with Gasteiger partial charge in [0.1, 0.15) is 11.6 Å². The number of carbonyl (C=O) groups is 4. The van der Waals surface area contributed by atoms with Gasteiger partial charge >= 0.3 is 24.3 Å². The van der Waals surface area contributed by atoms with Crippen molar-refractivity contribution in [2.45, 2.75) is 82.7 Å². The summed E-state index contributed by atoms with van der Waals surface area (Å²) in [4.78, 5) is 52.1. The summed E-state index contributed by atoms with van der Waals surface area (Å²) in [6, 6.07) is 9.87. The van der Waals surface area contributed by atoms with E-state index in [-0.39, 0.29) is 23.8 Å². The summed E-state index contributed by atoms with van der Waals surface area (Å²) in [5, 5.41) is 17.5. The van der Waals surface area contributed by atoms with E-state index in [0.29, 0.717) is 6.42 Å². The van der Waals surface area contributed by atoms with Gasteiger partial charge in [0.2, 0.25) is 5.91 Å². The molecule has 1 amide bonds. The molecular formula is C28H36F6N4O6. The third-order valence-corrected chi connectivity index (χ3v) is 6.41. The number of benzene rings is 1. The van der Waals surface area contributed by atoms with Gasteiger partial charge in [-0.3, -0.25) is 9.69 Å². The Bertz CT molecular complexity index is 1180. The number of aromatic nitrogens is 2. The number of Topliss-reactive ketones (excluding diaryl/α,β-unsaturated/α-hetero) is 1. The summed E-state index contributed by atoms with van der Waals surface area (Å²) in [5.74, 6) is -4.39. The summed E-state index contributed by atoms with van der Waals surface area (Å²) in [7, 11) is 2.03. The smallest absolute Gasteiger partial charge is 0.475 e. The van der Waals surface area contributed by atoms with Crippen LogP contribution in [0.5, 0.6) is 0 Å². The summed E-state index contributed by atoms with van der Waals surface area (Å²) >= 11 is 0. The number of likely N-dealkylation sites (N-methyl/N-ethyl adjacent to an activating group) is 1. The predicted octanol–water partition coefficient (Wildman–Crippen LogP) is 5.52. The van der Waals surface area contributed by atoms with Crippen LogP contribution in [-0.2, 0) is 19.2 Å². The number of amides is 1. The van der Waals surface area contributed by atoms with E-state index in [1.54, 1.807) is 6.92 Å². The first kappa shape index (κ1) is 38.1. The van der Waals surface area contributed by atoms with Crippen molar-refractivity contribution in [3.63, 3.8) is 0 Å². The van der Waals surface area contributed by atoms with Gasteiger partial charge in [-0.2, -0.15) is 26.3 Å². The third-order valence-electron chi connectivity index (χ3n) is 6.41. The van der Waals surface area contributed by atoms with Crippen LogP contribution in [0.25, 0.3) is 11.3 Å². The fourth-order valence-corrected chi connectivity index (χ4v) is 4.13. The highest BCUT2D eigenvalue weighted by molar-refractivity contribution is 5.82. The monoisotopic (exact) mass is 638 g/mol. The second-order valence-electron chi connectivity index (χ2n) is 10.0. The summed E-state index contributed by atoms with van der Waals surface area (Å²) in [5.41, 5.74) is 2.03. The van der Waals surface area contributed by atoms with Crippen LogP contribution < -0.4 is 5.32 Å². The van der Waals surface area contributed by atoms with Crippen LogP contribution in [0.15, 0.2) is 36.5 Å². The maximum absolute atomic E-state index is 13.0. The Balaban J connectivity index is 0.000000574. The number of aromatic amines is 1. The number of carbonyl (C=O) groups excluding carboxylic acids is 2. The molecule has 4 N–H and O–H groups in total. The number of aliphatic carboxylic acids is 2. The van der Waals surface area contributed by atoms with Gasteiger partial charge in [0, 0.05) is 6.42 Å². The fourth-order valence-electron chi connectivity index (χ4n) is 4.13. The maximum Gasteiger partial charge on any atom is 0.490 e. The van der Waals surface area contributed by atoms with E-state index >= 15 is 0 Å².